The number of esters is 1. The average molecular weight is 565 g/mol. The molecule has 40 heavy (non-hydrogen) atoms. The molecule has 0 bridgehead atoms. The van der Waals surface area contributed by atoms with Crippen molar-refractivity contribution in [1.82, 2.24) is 0 Å². The minimum absolute atomic E-state index is 0.0196. The zero-order chi connectivity index (χ0) is 28.6. The molecule has 0 radical (unpaired) electrons. The Labute approximate surface area is 243 Å². The zero-order valence-corrected chi connectivity index (χ0v) is 25.3. The van der Waals surface area contributed by atoms with Crippen molar-refractivity contribution in [2.75, 3.05) is 20.3 Å². The molecule has 2 heterocycles. The second-order valence-electron chi connectivity index (χ2n) is 12.0. The largest absolute Gasteiger partial charge is 0.469 e. The lowest BCUT2D eigenvalue weighted by Gasteiger charge is -2.30. The van der Waals surface area contributed by atoms with Crippen LogP contribution in [0.4, 0.5) is 0 Å². The van der Waals surface area contributed by atoms with Crippen LogP contribution < -0.4 is 0 Å². The normalized spacial score (nSPS) is 31.1. The topological polar surface area (TPSA) is 83.5 Å². The predicted molar refractivity (Wildman–Crippen MR) is 157 cm³/mol. The lowest BCUT2D eigenvalue weighted by atomic mass is 9.89. The molecular formula is C33H56O7. The zero-order valence-electron chi connectivity index (χ0n) is 25.3. The highest BCUT2D eigenvalue weighted by atomic mass is 16.7. The maximum atomic E-state index is 11.4. The summed E-state index contributed by atoms with van der Waals surface area (Å²) in [5, 5.41) is 11.1. The van der Waals surface area contributed by atoms with Crippen LogP contribution >= 0.6 is 0 Å². The summed E-state index contributed by atoms with van der Waals surface area (Å²) in [6.07, 6.45) is 22.2. The number of aliphatic hydroxyl groups excluding tert-OH is 1. The van der Waals surface area contributed by atoms with Gasteiger partial charge in [-0.05, 0) is 76.0 Å². The number of hydrogen-bond donors (Lipinski definition) is 1. The first-order chi connectivity index (χ1) is 19.5. The van der Waals surface area contributed by atoms with Crippen LogP contribution in [-0.2, 0) is 28.5 Å². The Morgan fingerprint density at radius 2 is 1.80 bits per heavy atom. The van der Waals surface area contributed by atoms with E-state index in [-0.39, 0.29) is 42.6 Å². The number of hydrogen-bond acceptors (Lipinski definition) is 7. The van der Waals surface area contributed by atoms with E-state index < -0.39 is 6.10 Å². The number of carbonyl (C=O) groups excluding carboxylic acids is 1. The van der Waals surface area contributed by atoms with Crippen molar-refractivity contribution in [2.24, 2.45) is 17.8 Å². The second kappa shape index (κ2) is 19.0. The minimum Gasteiger partial charge on any atom is -0.469 e. The fraction of sp³-hybridized carbons (Fsp3) is 0.848. The van der Waals surface area contributed by atoms with E-state index in [9.17, 15) is 9.90 Å². The molecular weight excluding hydrogens is 508 g/mol. The third kappa shape index (κ3) is 11.9. The Hall–Kier alpha value is -1.25. The quantitative estimate of drug-likeness (QED) is 0.117. The van der Waals surface area contributed by atoms with E-state index in [1.54, 1.807) is 0 Å². The van der Waals surface area contributed by atoms with E-state index in [4.69, 9.17) is 23.7 Å². The number of methoxy groups -OCH3 is 1. The van der Waals surface area contributed by atoms with E-state index in [2.05, 4.69) is 38.2 Å². The van der Waals surface area contributed by atoms with Crippen molar-refractivity contribution in [2.45, 2.75) is 141 Å². The van der Waals surface area contributed by atoms with E-state index in [1.165, 1.54) is 26.4 Å². The maximum Gasteiger partial charge on any atom is 0.305 e. The molecule has 230 valence electrons. The lowest BCUT2D eigenvalue weighted by Crippen LogP contribution is -2.31. The van der Waals surface area contributed by atoms with Crippen LogP contribution in [0.1, 0.15) is 110 Å². The minimum atomic E-state index is -0.438. The van der Waals surface area contributed by atoms with Crippen LogP contribution in [0.15, 0.2) is 24.3 Å². The van der Waals surface area contributed by atoms with Gasteiger partial charge in [0.25, 0.3) is 0 Å². The van der Waals surface area contributed by atoms with Crippen LogP contribution in [0.2, 0.25) is 0 Å². The summed E-state index contributed by atoms with van der Waals surface area (Å²) in [6, 6.07) is 0. The fourth-order valence-electron chi connectivity index (χ4n) is 6.19. The number of carbonyl (C=O) groups is 1. The van der Waals surface area contributed by atoms with Gasteiger partial charge in [-0.3, -0.25) is 4.79 Å². The number of aliphatic hydroxyl groups is 1. The molecule has 0 aromatic carbocycles. The summed E-state index contributed by atoms with van der Waals surface area (Å²) in [6.45, 7) is 6.07. The third-order valence-electron chi connectivity index (χ3n) is 8.61. The van der Waals surface area contributed by atoms with E-state index in [1.807, 2.05) is 0 Å². The lowest BCUT2D eigenvalue weighted by molar-refractivity contribution is -0.193. The van der Waals surface area contributed by atoms with Gasteiger partial charge in [0.1, 0.15) is 0 Å². The first kappa shape index (κ1) is 33.3. The average Bonchev–Trinajstić information content (AvgIpc) is 3.26. The van der Waals surface area contributed by atoms with E-state index in [0.29, 0.717) is 18.8 Å². The highest BCUT2D eigenvalue weighted by Gasteiger charge is 2.42. The predicted octanol–water partition coefficient (Wildman–Crippen LogP) is 6.87. The smallest absolute Gasteiger partial charge is 0.305 e. The molecule has 1 saturated carbocycles. The second-order valence-corrected chi connectivity index (χ2v) is 12.0. The molecule has 2 saturated heterocycles. The molecule has 7 heteroatoms. The SMILES string of the molecule is CCCC[C@H](C)C[C@@H](/C=C/[C@@H]1[C@@H](C/C=C\CCCC(=O)OC)[C@@H](O)C[C@H]1OC1CCCCO1)OC1CCCCO1. The molecule has 7 nitrogen and oxygen atoms in total. The van der Waals surface area contributed by atoms with Crippen molar-refractivity contribution in [3.05, 3.63) is 24.3 Å². The van der Waals surface area contributed by atoms with Crippen LogP contribution in [0.5, 0.6) is 0 Å². The first-order valence-corrected chi connectivity index (χ1v) is 16.1. The van der Waals surface area contributed by atoms with Crippen LogP contribution in [-0.4, -0.2) is 62.3 Å². The number of unbranched alkanes of at least 4 members (excludes halogenated alkanes) is 2. The van der Waals surface area contributed by atoms with E-state index >= 15 is 0 Å². The van der Waals surface area contributed by atoms with Gasteiger partial charge >= 0.3 is 5.97 Å². The summed E-state index contributed by atoms with van der Waals surface area (Å²) < 4.78 is 29.6. The Morgan fingerprint density at radius 1 is 1.05 bits per heavy atom. The van der Waals surface area contributed by atoms with Gasteiger partial charge < -0.3 is 28.8 Å². The van der Waals surface area contributed by atoms with Crippen LogP contribution in [0, 0.1) is 17.8 Å². The van der Waals surface area contributed by atoms with Crippen molar-refractivity contribution in [3.8, 4) is 0 Å². The van der Waals surface area contributed by atoms with Gasteiger partial charge in [-0.1, -0.05) is 57.4 Å². The molecule has 1 N–H and O–H groups in total. The highest BCUT2D eigenvalue weighted by molar-refractivity contribution is 5.69. The summed E-state index contributed by atoms with van der Waals surface area (Å²) in [5.74, 6) is 0.531. The molecule has 0 aromatic heterocycles. The molecule has 0 spiro atoms. The summed E-state index contributed by atoms with van der Waals surface area (Å²) in [5.41, 5.74) is 0. The molecule has 3 aliphatic rings. The Kier molecular flexibility index (Phi) is 15.8. The first-order valence-electron chi connectivity index (χ1n) is 16.1. The molecule has 3 rings (SSSR count). The summed E-state index contributed by atoms with van der Waals surface area (Å²) in [7, 11) is 1.42. The monoisotopic (exact) mass is 564 g/mol. The number of allylic oxidation sites excluding steroid dienone is 2. The maximum absolute atomic E-state index is 11.4. The van der Waals surface area contributed by atoms with Crippen molar-refractivity contribution >= 4 is 5.97 Å². The number of rotatable bonds is 17. The molecule has 3 fully saturated rings. The van der Waals surface area contributed by atoms with Gasteiger partial charge in [0.2, 0.25) is 0 Å². The Balaban J connectivity index is 1.69. The molecule has 2 unspecified atom stereocenters. The summed E-state index contributed by atoms with van der Waals surface area (Å²) in [4.78, 5) is 11.4. The van der Waals surface area contributed by atoms with Crippen LogP contribution in [0.25, 0.3) is 0 Å². The molecule has 0 aromatic rings. The molecule has 8 atom stereocenters. The van der Waals surface area contributed by atoms with Crippen molar-refractivity contribution < 1.29 is 33.6 Å². The van der Waals surface area contributed by atoms with Gasteiger partial charge in [-0.15, -0.1) is 0 Å². The van der Waals surface area contributed by atoms with Crippen molar-refractivity contribution in [3.63, 3.8) is 0 Å². The molecule has 1 aliphatic carbocycles. The van der Waals surface area contributed by atoms with Gasteiger partial charge in [-0.2, -0.15) is 0 Å². The molecule has 0 amide bonds. The number of ether oxygens (including phenoxy) is 5. The molecule has 2 aliphatic heterocycles. The summed E-state index contributed by atoms with van der Waals surface area (Å²) >= 11 is 0. The van der Waals surface area contributed by atoms with Gasteiger partial charge in [0.05, 0.1) is 25.4 Å². The van der Waals surface area contributed by atoms with Gasteiger partial charge in [0.15, 0.2) is 12.6 Å². The van der Waals surface area contributed by atoms with Crippen molar-refractivity contribution in [1.29, 1.82) is 0 Å². The standard InChI is InChI=1S/C33H56O7/c1-4-5-14-25(2)23-26(39-32-17-10-12-21-37-32)19-20-28-27(15-8-6-7-9-16-31(35)36-3)29(34)24-30(28)40-33-18-11-13-22-38-33/h6,8,19-20,25-30,32-34H,4-5,7,9-18,21-24H2,1-3H3/b8-6-,20-19+/t25-,26+,27+,28+,29-,30+,32?,33?/m0/s1. The highest BCUT2D eigenvalue weighted by Crippen LogP contribution is 2.40. The van der Waals surface area contributed by atoms with Gasteiger partial charge in [-0.25, -0.2) is 0 Å². The van der Waals surface area contributed by atoms with Gasteiger partial charge in [0, 0.05) is 32.0 Å². The fourth-order valence-corrected chi connectivity index (χ4v) is 6.19. The Morgan fingerprint density at radius 3 is 2.48 bits per heavy atom. The van der Waals surface area contributed by atoms with Crippen LogP contribution in [0.3, 0.4) is 0 Å². The van der Waals surface area contributed by atoms with E-state index in [0.717, 1.165) is 77.4 Å². The third-order valence-corrected chi connectivity index (χ3v) is 8.61. The Bertz CT molecular complexity index is 741.